The molecule has 9 heteroatoms. The van der Waals surface area contributed by atoms with Crippen LogP contribution in [0.15, 0.2) is 29.2 Å². The lowest BCUT2D eigenvalue weighted by Crippen LogP contribution is -2.32. The molecule has 1 rings (SSSR count). The lowest BCUT2D eigenvalue weighted by Gasteiger charge is -2.11. The summed E-state index contributed by atoms with van der Waals surface area (Å²) in [6.45, 7) is 3.32. The summed E-state index contributed by atoms with van der Waals surface area (Å²) in [5, 5.41) is 3.00. The van der Waals surface area contributed by atoms with Crippen molar-refractivity contribution in [2.24, 2.45) is 0 Å². The molecule has 0 saturated heterocycles. The summed E-state index contributed by atoms with van der Waals surface area (Å²) in [5.41, 5.74) is 0. The van der Waals surface area contributed by atoms with E-state index in [1.54, 1.807) is 0 Å². The highest BCUT2D eigenvalue weighted by atomic mass is 32.2. The summed E-state index contributed by atoms with van der Waals surface area (Å²) in [6.07, 6.45) is -3.94. The van der Waals surface area contributed by atoms with E-state index in [1.807, 2.05) is 6.92 Å². The van der Waals surface area contributed by atoms with Gasteiger partial charge in [0.25, 0.3) is 0 Å². The summed E-state index contributed by atoms with van der Waals surface area (Å²) in [4.78, 5) is -0.278. The predicted octanol–water partition coefficient (Wildman–Crippen LogP) is 1.86. The SMILES string of the molecule is CCCNCCNS(=O)(=O)c1cccc(OC(F)(F)F)c1. The zero-order chi connectivity index (χ0) is 15.9. The minimum Gasteiger partial charge on any atom is -0.406 e. The Kier molecular flexibility index (Phi) is 6.43. The Morgan fingerprint density at radius 3 is 2.52 bits per heavy atom. The smallest absolute Gasteiger partial charge is 0.406 e. The summed E-state index contributed by atoms with van der Waals surface area (Å²) in [7, 11) is -3.86. The Morgan fingerprint density at radius 2 is 1.90 bits per heavy atom. The lowest BCUT2D eigenvalue weighted by atomic mass is 10.3. The molecule has 0 spiro atoms. The molecule has 1 aromatic carbocycles. The molecule has 5 nitrogen and oxygen atoms in total. The van der Waals surface area contributed by atoms with Crippen LogP contribution in [0.4, 0.5) is 13.2 Å². The first kappa shape index (κ1) is 17.7. The second kappa shape index (κ2) is 7.62. The molecule has 0 saturated carbocycles. The molecular weight excluding hydrogens is 309 g/mol. The molecule has 0 heterocycles. The molecule has 0 unspecified atom stereocenters. The van der Waals surface area contributed by atoms with E-state index in [9.17, 15) is 21.6 Å². The molecule has 0 fully saturated rings. The Labute approximate surface area is 121 Å². The first-order chi connectivity index (χ1) is 9.74. The van der Waals surface area contributed by atoms with E-state index in [2.05, 4.69) is 14.8 Å². The van der Waals surface area contributed by atoms with Crippen LogP contribution < -0.4 is 14.8 Å². The van der Waals surface area contributed by atoms with E-state index in [0.29, 0.717) is 6.54 Å². The van der Waals surface area contributed by atoms with Crippen LogP contribution in [0, 0.1) is 0 Å². The minimum atomic E-state index is -4.86. The molecule has 0 radical (unpaired) electrons. The molecule has 1 aromatic rings. The fourth-order valence-corrected chi connectivity index (χ4v) is 2.56. The van der Waals surface area contributed by atoms with Gasteiger partial charge in [-0.05, 0) is 25.1 Å². The number of benzene rings is 1. The first-order valence-corrected chi connectivity index (χ1v) is 7.79. The summed E-state index contributed by atoms with van der Waals surface area (Å²) >= 11 is 0. The van der Waals surface area contributed by atoms with E-state index in [-0.39, 0.29) is 11.4 Å². The van der Waals surface area contributed by atoms with Gasteiger partial charge in [-0.2, -0.15) is 0 Å². The summed E-state index contributed by atoms with van der Waals surface area (Å²) in [6, 6.07) is 4.25. The topological polar surface area (TPSA) is 67.4 Å². The number of rotatable bonds is 8. The Balaban J connectivity index is 2.68. The number of ether oxygens (including phenoxy) is 1. The van der Waals surface area contributed by atoms with Crippen molar-refractivity contribution < 1.29 is 26.3 Å². The molecular formula is C12H17F3N2O3S. The zero-order valence-electron chi connectivity index (χ0n) is 11.4. The second-order valence-electron chi connectivity index (χ2n) is 4.17. The van der Waals surface area contributed by atoms with Crippen LogP contribution in [0.3, 0.4) is 0 Å². The molecule has 0 aliphatic rings. The highest BCUT2D eigenvalue weighted by Crippen LogP contribution is 2.24. The molecule has 0 aromatic heterocycles. The van der Waals surface area contributed by atoms with Gasteiger partial charge in [0, 0.05) is 19.2 Å². The maximum absolute atomic E-state index is 12.1. The molecule has 0 amide bonds. The largest absolute Gasteiger partial charge is 0.573 e. The summed E-state index contributed by atoms with van der Waals surface area (Å²) < 4.78 is 66.1. The standard InChI is InChI=1S/C12H17F3N2O3S/c1-2-6-16-7-8-17-21(18,19)11-5-3-4-10(9-11)20-12(13,14)15/h3-5,9,16-17H,2,6-8H2,1H3. The van der Waals surface area contributed by atoms with Gasteiger partial charge in [-0.3, -0.25) is 0 Å². The Bertz CT molecular complexity index is 547. The van der Waals surface area contributed by atoms with E-state index in [4.69, 9.17) is 0 Å². The van der Waals surface area contributed by atoms with Crippen molar-refractivity contribution in [1.29, 1.82) is 0 Å². The lowest BCUT2D eigenvalue weighted by molar-refractivity contribution is -0.274. The first-order valence-electron chi connectivity index (χ1n) is 6.31. The third kappa shape index (κ3) is 6.78. The third-order valence-electron chi connectivity index (χ3n) is 2.37. The van der Waals surface area contributed by atoms with Gasteiger partial charge in [0.05, 0.1) is 4.90 Å². The van der Waals surface area contributed by atoms with E-state index < -0.39 is 22.1 Å². The quantitative estimate of drug-likeness (QED) is 0.716. The Morgan fingerprint density at radius 1 is 1.19 bits per heavy atom. The van der Waals surface area contributed by atoms with Gasteiger partial charge in [0.1, 0.15) is 5.75 Å². The average Bonchev–Trinajstić information content (AvgIpc) is 2.37. The van der Waals surface area contributed by atoms with Crippen molar-refractivity contribution >= 4 is 10.0 Å². The molecule has 0 bridgehead atoms. The predicted molar refractivity (Wildman–Crippen MR) is 71.5 cm³/mol. The second-order valence-corrected chi connectivity index (χ2v) is 5.94. The monoisotopic (exact) mass is 326 g/mol. The average molecular weight is 326 g/mol. The van der Waals surface area contributed by atoms with Gasteiger partial charge in [-0.25, -0.2) is 13.1 Å². The molecule has 2 N–H and O–H groups in total. The van der Waals surface area contributed by atoms with Crippen LogP contribution >= 0.6 is 0 Å². The van der Waals surface area contributed by atoms with Gasteiger partial charge in [0.15, 0.2) is 0 Å². The van der Waals surface area contributed by atoms with E-state index >= 15 is 0 Å². The van der Waals surface area contributed by atoms with Crippen LogP contribution in [0.25, 0.3) is 0 Å². The molecule has 0 aliphatic carbocycles. The number of halogens is 3. The fraction of sp³-hybridized carbons (Fsp3) is 0.500. The fourth-order valence-electron chi connectivity index (χ4n) is 1.50. The van der Waals surface area contributed by atoms with Gasteiger partial charge in [-0.1, -0.05) is 13.0 Å². The number of alkyl halides is 3. The van der Waals surface area contributed by atoms with Gasteiger partial charge < -0.3 is 10.1 Å². The normalized spacial score (nSPS) is 12.4. The highest BCUT2D eigenvalue weighted by molar-refractivity contribution is 7.89. The van der Waals surface area contributed by atoms with Crippen LogP contribution in [0.1, 0.15) is 13.3 Å². The maximum atomic E-state index is 12.1. The maximum Gasteiger partial charge on any atom is 0.573 e. The van der Waals surface area contributed by atoms with E-state index in [1.165, 1.54) is 12.1 Å². The highest BCUT2D eigenvalue weighted by Gasteiger charge is 2.31. The van der Waals surface area contributed by atoms with E-state index in [0.717, 1.165) is 25.1 Å². The van der Waals surface area contributed by atoms with Crippen LogP contribution in [0.5, 0.6) is 5.75 Å². The number of hydrogen-bond donors (Lipinski definition) is 2. The molecule has 0 aliphatic heterocycles. The number of nitrogens with one attached hydrogen (secondary N) is 2. The van der Waals surface area contributed by atoms with Crippen molar-refractivity contribution in [2.45, 2.75) is 24.6 Å². The van der Waals surface area contributed by atoms with Gasteiger partial charge >= 0.3 is 6.36 Å². The van der Waals surface area contributed by atoms with Crippen LogP contribution in [-0.4, -0.2) is 34.4 Å². The van der Waals surface area contributed by atoms with Gasteiger partial charge in [0.2, 0.25) is 10.0 Å². The van der Waals surface area contributed by atoms with Gasteiger partial charge in [-0.15, -0.1) is 13.2 Å². The van der Waals surface area contributed by atoms with Crippen LogP contribution in [-0.2, 0) is 10.0 Å². The van der Waals surface area contributed by atoms with Crippen molar-refractivity contribution in [3.05, 3.63) is 24.3 Å². The van der Waals surface area contributed by atoms with Crippen molar-refractivity contribution in [3.63, 3.8) is 0 Å². The Hall–Kier alpha value is -1.32. The van der Waals surface area contributed by atoms with Crippen LogP contribution in [0.2, 0.25) is 0 Å². The van der Waals surface area contributed by atoms with Crippen molar-refractivity contribution in [1.82, 2.24) is 10.0 Å². The van der Waals surface area contributed by atoms with Crippen molar-refractivity contribution in [3.8, 4) is 5.75 Å². The molecule has 0 atom stereocenters. The minimum absolute atomic E-state index is 0.146. The number of sulfonamides is 1. The zero-order valence-corrected chi connectivity index (χ0v) is 12.2. The van der Waals surface area contributed by atoms with Crippen molar-refractivity contribution in [2.75, 3.05) is 19.6 Å². The molecule has 21 heavy (non-hydrogen) atoms. The summed E-state index contributed by atoms with van der Waals surface area (Å²) in [5.74, 6) is -0.575. The third-order valence-corrected chi connectivity index (χ3v) is 3.83. The number of hydrogen-bond acceptors (Lipinski definition) is 4. The molecule has 120 valence electrons.